The molecule has 0 aliphatic carbocycles. The Balaban J connectivity index is 5.24. The summed E-state index contributed by atoms with van der Waals surface area (Å²) in [6, 6.07) is -5.11. The highest BCUT2D eigenvalue weighted by molar-refractivity contribution is 7.98. The number of aliphatic hydroxyl groups excluding tert-OH is 1. The zero-order valence-electron chi connectivity index (χ0n) is 26.4. The molecule has 0 aromatic rings. The van der Waals surface area contributed by atoms with Crippen molar-refractivity contribution in [3.8, 4) is 0 Å². The molecule has 0 rings (SSSR count). The highest BCUT2D eigenvalue weighted by atomic mass is 32.2. The summed E-state index contributed by atoms with van der Waals surface area (Å²) < 4.78 is 0. The Kier molecular flexibility index (Phi) is 22.0. The van der Waals surface area contributed by atoms with Crippen LogP contribution in [0.5, 0.6) is 0 Å². The fourth-order valence-corrected chi connectivity index (χ4v) is 4.39. The molecule has 258 valence electrons. The van der Waals surface area contributed by atoms with Gasteiger partial charge in [0.25, 0.3) is 0 Å². The van der Waals surface area contributed by atoms with Crippen molar-refractivity contribution < 1.29 is 33.9 Å². The second-order valence-electron chi connectivity index (χ2n) is 10.7. The summed E-state index contributed by atoms with van der Waals surface area (Å²) in [4.78, 5) is 79.0. The van der Waals surface area contributed by atoms with Crippen molar-refractivity contribution in [1.29, 1.82) is 0 Å². The zero-order valence-corrected chi connectivity index (χ0v) is 27.2. The number of amides is 5. The second kappa shape index (κ2) is 23.8. The van der Waals surface area contributed by atoms with Crippen molar-refractivity contribution >= 4 is 53.5 Å². The molecule has 0 aromatic carbocycles. The molecule has 0 fully saturated rings. The fourth-order valence-electron chi connectivity index (χ4n) is 3.90. The molecule has 18 heteroatoms. The number of hydrogen-bond acceptors (Lipinski definition) is 11. The summed E-state index contributed by atoms with van der Waals surface area (Å²) in [6.45, 7) is 2.77. The molecule has 0 unspecified atom stereocenters. The van der Waals surface area contributed by atoms with Gasteiger partial charge in [-0.05, 0) is 63.0 Å². The maximum atomic E-state index is 13.2. The number of aldehydes is 1. The Bertz CT molecular complexity index is 982. The number of nitrogens with one attached hydrogen (secondary N) is 5. The van der Waals surface area contributed by atoms with Gasteiger partial charge in [-0.2, -0.15) is 11.8 Å². The standard InChI is InChI=1S/C27H52N10O7S/c1-16(2)22(26(44)34-17(14-38)9-12-45-3)37-25(43)19(8-4-5-10-28)35-21(40)13-33-24(42)20(15-39)36-23(41)18(29)7-6-11-32-27(30)31/h14,16-20,22,39H,4-13,15,28-29H2,1-3H3,(H,33,42)(H,34,44)(H,35,40)(H,36,41)(H,37,43)(H4,30,31,32)/t17-,18-,19-,20-,22-/m0/s1. The van der Waals surface area contributed by atoms with E-state index in [1.54, 1.807) is 13.8 Å². The first-order valence-corrected chi connectivity index (χ1v) is 16.2. The third kappa shape index (κ3) is 18.2. The predicted molar refractivity (Wildman–Crippen MR) is 173 cm³/mol. The maximum Gasteiger partial charge on any atom is 0.245 e. The van der Waals surface area contributed by atoms with Crippen LogP contribution in [0, 0.1) is 5.92 Å². The van der Waals surface area contributed by atoms with Crippen LogP contribution in [0.25, 0.3) is 0 Å². The lowest BCUT2D eigenvalue weighted by molar-refractivity contribution is -0.134. The van der Waals surface area contributed by atoms with Gasteiger partial charge in [0.15, 0.2) is 5.96 Å². The molecule has 0 aromatic heterocycles. The lowest BCUT2D eigenvalue weighted by atomic mass is 10.0. The van der Waals surface area contributed by atoms with Crippen LogP contribution < -0.4 is 49.5 Å². The summed E-state index contributed by atoms with van der Waals surface area (Å²) in [5.74, 6) is -3.18. The van der Waals surface area contributed by atoms with E-state index in [0.29, 0.717) is 44.3 Å². The number of rotatable bonds is 24. The SMILES string of the molecule is CSCC[C@@H](C=O)NC(=O)[C@@H](NC(=O)[C@H](CCCCN)NC(=O)CNC(=O)[C@H](CO)NC(=O)[C@@H](N)CCCN=C(N)N)C(C)C. The van der Waals surface area contributed by atoms with E-state index >= 15 is 0 Å². The quantitative estimate of drug-likeness (QED) is 0.0206. The number of aliphatic hydroxyl groups is 1. The molecule has 17 nitrogen and oxygen atoms in total. The van der Waals surface area contributed by atoms with E-state index in [4.69, 9.17) is 22.9 Å². The van der Waals surface area contributed by atoms with Gasteiger partial charge >= 0.3 is 0 Å². The normalized spacial score (nSPS) is 14.2. The lowest BCUT2D eigenvalue weighted by Crippen LogP contribution is -2.58. The average molecular weight is 661 g/mol. The summed E-state index contributed by atoms with van der Waals surface area (Å²) >= 11 is 1.53. The van der Waals surface area contributed by atoms with Gasteiger partial charge in [-0.3, -0.25) is 29.0 Å². The first-order valence-electron chi connectivity index (χ1n) is 14.8. The van der Waals surface area contributed by atoms with Crippen molar-refractivity contribution in [2.75, 3.05) is 38.2 Å². The van der Waals surface area contributed by atoms with E-state index in [-0.39, 0.29) is 31.3 Å². The Morgan fingerprint density at radius 2 is 1.56 bits per heavy atom. The monoisotopic (exact) mass is 660 g/mol. The molecule has 0 aliphatic heterocycles. The lowest BCUT2D eigenvalue weighted by Gasteiger charge is -2.26. The van der Waals surface area contributed by atoms with E-state index in [2.05, 4.69) is 31.6 Å². The minimum absolute atomic E-state index is 0.0925. The number of nitrogens with two attached hydrogens (primary N) is 4. The van der Waals surface area contributed by atoms with Crippen LogP contribution in [-0.4, -0.2) is 115 Å². The van der Waals surface area contributed by atoms with E-state index in [9.17, 15) is 33.9 Å². The van der Waals surface area contributed by atoms with E-state index < -0.39 is 72.9 Å². The third-order valence-electron chi connectivity index (χ3n) is 6.51. The number of hydrogen-bond donors (Lipinski definition) is 10. The van der Waals surface area contributed by atoms with Crippen molar-refractivity contribution in [2.24, 2.45) is 33.8 Å². The molecule has 0 saturated carbocycles. The molecule has 0 heterocycles. The van der Waals surface area contributed by atoms with E-state index in [1.807, 2.05) is 6.26 Å². The summed E-state index contributed by atoms with van der Waals surface area (Å²) in [5, 5.41) is 22.1. The van der Waals surface area contributed by atoms with Gasteiger partial charge in [-0.25, -0.2) is 0 Å². The van der Waals surface area contributed by atoms with Gasteiger partial charge in [-0.15, -0.1) is 0 Å². The van der Waals surface area contributed by atoms with Crippen molar-refractivity contribution in [1.82, 2.24) is 26.6 Å². The van der Waals surface area contributed by atoms with Crippen LogP contribution in [0.15, 0.2) is 4.99 Å². The molecule has 0 bridgehead atoms. The number of carbonyl (C=O) groups is 6. The third-order valence-corrected chi connectivity index (χ3v) is 7.16. The van der Waals surface area contributed by atoms with E-state index in [1.165, 1.54) is 11.8 Å². The minimum Gasteiger partial charge on any atom is -0.394 e. The predicted octanol–water partition coefficient (Wildman–Crippen LogP) is -3.85. The Morgan fingerprint density at radius 3 is 2.11 bits per heavy atom. The second-order valence-corrected chi connectivity index (χ2v) is 11.7. The first kappa shape index (κ1) is 41.5. The van der Waals surface area contributed by atoms with Crippen molar-refractivity contribution in [2.45, 2.75) is 82.6 Å². The topological polar surface area (TPSA) is 299 Å². The van der Waals surface area contributed by atoms with Gasteiger partial charge in [0.1, 0.15) is 24.4 Å². The summed E-state index contributed by atoms with van der Waals surface area (Å²) in [6.07, 6.45) is 4.86. The number of aliphatic imine (C=N–C) groups is 1. The van der Waals surface area contributed by atoms with Gasteiger partial charge in [-0.1, -0.05) is 13.8 Å². The molecule has 5 amide bonds. The van der Waals surface area contributed by atoms with Gasteiger partial charge in [0.05, 0.1) is 25.2 Å². The molecule has 45 heavy (non-hydrogen) atoms. The molecule has 14 N–H and O–H groups in total. The fraction of sp³-hybridized carbons (Fsp3) is 0.741. The number of unbranched alkanes of at least 4 members (excludes halogenated alkanes) is 1. The molecule has 5 atom stereocenters. The Labute approximate surface area is 268 Å². The van der Waals surface area contributed by atoms with Crippen molar-refractivity contribution in [3.63, 3.8) is 0 Å². The molecular weight excluding hydrogens is 608 g/mol. The van der Waals surface area contributed by atoms with Gasteiger partial charge in [0.2, 0.25) is 29.5 Å². The summed E-state index contributed by atoms with van der Waals surface area (Å²) in [5.41, 5.74) is 21.9. The molecule has 0 aliphatic rings. The van der Waals surface area contributed by atoms with Crippen LogP contribution >= 0.6 is 11.8 Å². The van der Waals surface area contributed by atoms with Crippen LogP contribution in [0.3, 0.4) is 0 Å². The Morgan fingerprint density at radius 1 is 0.867 bits per heavy atom. The summed E-state index contributed by atoms with van der Waals surface area (Å²) in [7, 11) is 0. The van der Waals surface area contributed by atoms with Crippen LogP contribution in [-0.2, 0) is 28.8 Å². The van der Waals surface area contributed by atoms with Gasteiger partial charge < -0.3 is 59.4 Å². The van der Waals surface area contributed by atoms with Crippen LogP contribution in [0.1, 0.15) is 52.4 Å². The molecule has 0 radical (unpaired) electrons. The first-order chi connectivity index (χ1) is 21.3. The number of carbonyl (C=O) groups excluding carboxylic acids is 6. The van der Waals surface area contributed by atoms with Crippen LogP contribution in [0.2, 0.25) is 0 Å². The van der Waals surface area contributed by atoms with E-state index in [0.717, 1.165) is 0 Å². The maximum absolute atomic E-state index is 13.2. The molecular formula is C27H52N10O7S. The average Bonchev–Trinajstić information content (AvgIpc) is 3.00. The highest BCUT2D eigenvalue weighted by Crippen LogP contribution is 2.07. The number of guanidine groups is 1. The number of thioether (sulfide) groups is 1. The highest BCUT2D eigenvalue weighted by Gasteiger charge is 2.30. The largest absolute Gasteiger partial charge is 0.394 e. The van der Waals surface area contributed by atoms with Crippen molar-refractivity contribution in [3.05, 3.63) is 0 Å². The number of nitrogens with zero attached hydrogens (tertiary/aromatic N) is 1. The molecule has 0 saturated heterocycles. The van der Waals surface area contributed by atoms with Crippen LogP contribution in [0.4, 0.5) is 0 Å². The smallest absolute Gasteiger partial charge is 0.245 e. The molecule has 0 spiro atoms. The van der Waals surface area contributed by atoms with Gasteiger partial charge in [0, 0.05) is 6.54 Å². The zero-order chi connectivity index (χ0) is 34.4. The minimum atomic E-state index is -1.38. The Hall–Kier alpha value is -3.48.